The average molecular weight is 552 g/mol. The van der Waals surface area contributed by atoms with Gasteiger partial charge in [0.2, 0.25) is 5.91 Å². The zero-order chi connectivity index (χ0) is 28.2. The van der Waals surface area contributed by atoms with Crippen LogP contribution in [-0.4, -0.2) is 32.0 Å². The van der Waals surface area contributed by atoms with E-state index in [-0.39, 0.29) is 18.0 Å². The minimum atomic E-state index is -0.131. The Hall–Kier alpha value is -3.97. The number of carbonyl (C=O) groups is 1. The highest BCUT2D eigenvalue weighted by molar-refractivity contribution is 7.80. The van der Waals surface area contributed by atoms with Gasteiger partial charge in [0, 0.05) is 41.9 Å². The molecule has 4 aromatic rings. The van der Waals surface area contributed by atoms with Gasteiger partial charge in [-0.15, -0.1) is 0 Å². The molecule has 2 N–H and O–H groups in total. The van der Waals surface area contributed by atoms with Crippen molar-refractivity contribution in [2.24, 2.45) is 0 Å². The molecular weight excluding hydrogens is 514 g/mol. The second-order valence-corrected chi connectivity index (χ2v) is 10.7. The minimum Gasteiger partial charge on any atom is -0.352 e. The number of hydrogen-bond donors (Lipinski definition) is 2. The summed E-state index contributed by atoms with van der Waals surface area (Å²) in [7, 11) is 0. The first-order valence-electron chi connectivity index (χ1n) is 14.0. The molecule has 6 nitrogen and oxygen atoms in total. The van der Waals surface area contributed by atoms with Gasteiger partial charge in [0.05, 0.1) is 17.8 Å². The monoisotopic (exact) mass is 551 g/mol. The van der Waals surface area contributed by atoms with Crippen LogP contribution in [0.3, 0.4) is 0 Å². The molecule has 2 aromatic heterocycles. The highest BCUT2D eigenvalue weighted by Crippen LogP contribution is 2.41. The summed E-state index contributed by atoms with van der Waals surface area (Å²) < 4.78 is 2.30. The molecule has 1 aliphatic rings. The van der Waals surface area contributed by atoms with Crippen molar-refractivity contribution in [3.63, 3.8) is 0 Å². The first-order chi connectivity index (χ1) is 19.4. The molecule has 3 heterocycles. The quantitative estimate of drug-likeness (QED) is 0.229. The maximum absolute atomic E-state index is 13.1. The zero-order valence-electron chi connectivity index (χ0n) is 23.6. The predicted octanol–water partition coefficient (Wildman–Crippen LogP) is 6.62. The van der Waals surface area contributed by atoms with Crippen LogP contribution in [0, 0.1) is 13.8 Å². The molecular formula is C33H37N5OS. The fraction of sp³-hybridized carbons (Fsp3) is 0.303. The number of benzene rings is 2. The van der Waals surface area contributed by atoms with Crippen LogP contribution in [0.2, 0.25) is 0 Å². The van der Waals surface area contributed by atoms with Crippen LogP contribution in [-0.2, 0) is 17.6 Å². The van der Waals surface area contributed by atoms with Crippen molar-refractivity contribution in [1.82, 2.24) is 19.8 Å². The first kappa shape index (κ1) is 27.6. The van der Waals surface area contributed by atoms with Crippen molar-refractivity contribution in [3.8, 4) is 5.69 Å². The summed E-state index contributed by atoms with van der Waals surface area (Å²) in [6.45, 7) is 9.07. The van der Waals surface area contributed by atoms with Crippen LogP contribution >= 0.6 is 12.2 Å². The Labute approximate surface area is 242 Å². The van der Waals surface area contributed by atoms with Crippen LogP contribution in [0.4, 0.5) is 5.69 Å². The Bertz CT molecular complexity index is 1500. The van der Waals surface area contributed by atoms with E-state index in [9.17, 15) is 4.79 Å². The van der Waals surface area contributed by atoms with E-state index in [2.05, 4.69) is 83.1 Å². The number of anilines is 1. The normalized spacial score (nSPS) is 16.7. The van der Waals surface area contributed by atoms with Crippen LogP contribution in [0.25, 0.3) is 5.69 Å². The highest BCUT2D eigenvalue weighted by atomic mass is 32.1. The van der Waals surface area contributed by atoms with E-state index < -0.39 is 0 Å². The predicted molar refractivity (Wildman–Crippen MR) is 166 cm³/mol. The third-order valence-corrected chi connectivity index (χ3v) is 8.19. The van der Waals surface area contributed by atoms with Gasteiger partial charge in [0.25, 0.3) is 0 Å². The summed E-state index contributed by atoms with van der Waals surface area (Å²) in [6.07, 6.45) is 4.01. The summed E-state index contributed by atoms with van der Waals surface area (Å²) >= 11 is 5.87. The molecule has 1 amide bonds. The fourth-order valence-electron chi connectivity index (χ4n) is 5.74. The van der Waals surface area contributed by atoms with Gasteiger partial charge in [-0.1, -0.05) is 50.2 Å². The summed E-state index contributed by atoms with van der Waals surface area (Å²) in [5, 5.41) is 7.27. The smallest absolute Gasteiger partial charge is 0.226 e. The van der Waals surface area contributed by atoms with E-state index in [4.69, 9.17) is 12.2 Å². The number of hydrogen-bond acceptors (Lipinski definition) is 3. The van der Waals surface area contributed by atoms with Crippen LogP contribution < -0.4 is 10.6 Å². The van der Waals surface area contributed by atoms with Gasteiger partial charge in [0.1, 0.15) is 0 Å². The minimum absolute atomic E-state index is 0.0229. The maximum Gasteiger partial charge on any atom is 0.226 e. The summed E-state index contributed by atoms with van der Waals surface area (Å²) in [4.78, 5) is 19.9. The Kier molecular flexibility index (Phi) is 8.31. The van der Waals surface area contributed by atoms with E-state index in [1.807, 2.05) is 48.7 Å². The molecule has 0 bridgehead atoms. The number of aryl methyl sites for hydroxylation is 3. The zero-order valence-corrected chi connectivity index (χ0v) is 24.5. The van der Waals surface area contributed by atoms with Gasteiger partial charge >= 0.3 is 0 Å². The average Bonchev–Trinajstić information content (AvgIpc) is 3.46. The standard InChI is InChI=1S/C33H37N5OS/c1-5-24-14-16-26(17-15-24)38-22(3)21-27(23(38)4)32-31(29-13-9-10-19-34-29)36-33(40)37(32)20-18-30(39)35-28-12-8-7-11-25(28)6-2/h7-17,19,21,31-32H,5-6,18,20H2,1-4H3,(H,35,39)(H,36,40). The number of aromatic nitrogens is 2. The van der Waals surface area contributed by atoms with Gasteiger partial charge in [-0.05, 0) is 92.0 Å². The number of pyridine rings is 1. The molecule has 5 rings (SSSR count). The Balaban J connectivity index is 1.46. The molecule has 2 unspecified atom stereocenters. The molecule has 0 saturated carbocycles. The van der Waals surface area contributed by atoms with E-state index in [0.717, 1.165) is 46.9 Å². The van der Waals surface area contributed by atoms with Crippen molar-refractivity contribution in [3.05, 3.63) is 113 Å². The van der Waals surface area contributed by atoms with Gasteiger partial charge in [-0.3, -0.25) is 9.78 Å². The van der Waals surface area contributed by atoms with Crippen LogP contribution in [0.1, 0.15) is 66.1 Å². The lowest BCUT2D eigenvalue weighted by atomic mass is 9.96. The molecule has 7 heteroatoms. The van der Waals surface area contributed by atoms with Crippen LogP contribution in [0.5, 0.6) is 0 Å². The summed E-state index contributed by atoms with van der Waals surface area (Å²) in [6, 6.07) is 24.7. The summed E-state index contributed by atoms with van der Waals surface area (Å²) in [5.74, 6) is -0.0229. The number of nitrogens with one attached hydrogen (secondary N) is 2. The van der Waals surface area contributed by atoms with Gasteiger partial charge in [-0.2, -0.15) is 0 Å². The largest absolute Gasteiger partial charge is 0.352 e. The van der Waals surface area contributed by atoms with Crippen molar-refractivity contribution in [1.29, 1.82) is 0 Å². The van der Waals surface area contributed by atoms with Gasteiger partial charge in [-0.25, -0.2) is 0 Å². The first-order valence-corrected chi connectivity index (χ1v) is 14.5. The Morgan fingerprint density at radius 1 is 1.00 bits per heavy atom. The van der Waals surface area contributed by atoms with Crippen LogP contribution in [0.15, 0.2) is 79.0 Å². The molecule has 0 spiro atoms. The van der Waals surface area contributed by atoms with Crippen molar-refractivity contribution >= 4 is 28.9 Å². The fourth-order valence-corrected chi connectivity index (χ4v) is 6.07. The third-order valence-electron chi connectivity index (χ3n) is 7.84. The van der Waals surface area contributed by atoms with Gasteiger partial charge in [0.15, 0.2) is 5.11 Å². The Morgan fingerprint density at radius 3 is 2.45 bits per heavy atom. The Morgan fingerprint density at radius 2 is 1.75 bits per heavy atom. The lowest BCUT2D eigenvalue weighted by Crippen LogP contribution is -2.33. The lowest BCUT2D eigenvalue weighted by Gasteiger charge is -2.28. The molecule has 1 aliphatic heterocycles. The van der Waals surface area contributed by atoms with Gasteiger partial charge < -0.3 is 20.1 Å². The molecule has 2 aromatic carbocycles. The number of carbonyl (C=O) groups excluding carboxylic acids is 1. The molecule has 1 fully saturated rings. The van der Waals surface area contributed by atoms with E-state index in [1.165, 1.54) is 11.1 Å². The molecule has 2 atom stereocenters. The lowest BCUT2D eigenvalue weighted by molar-refractivity contribution is -0.116. The second kappa shape index (κ2) is 12.0. The maximum atomic E-state index is 13.1. The third kappa shape index (κ3) is 5.52. The van der Waals surface area contributed by atoms with E-state index in [1.54, 1.807) is 0 Å². The van der Waals surface area contributed by atoms with Crippen molar-refractivity contribution in [2.75, 3.05) is 11.9 Å². The number of thiocarbonyl (C=S) groups is 1. The number of rotatable bonds is 9. The molecule has 0 radical (unpaired) electrons. The van der Waals surface area contributed by atoms with Crippen molar-refractivity contribution < 1.29 is 4.79 Å². The molecule has 1 saturated heterocycles. The topological polar surface area (TPSA) is 62.2 Å². The van der Waals surface area contributed by atoms with E-state index >= 15 is 0 Å². The number of amides is 1. The number of nitrogens with zero attached hydrogens (tertiary/aromatic N) is 3. The number of para-hydroxylation sites is 1. The SMILES string of the molecule is CCc1ccc(-n2c(C)cc(C3C(c4ccccn4)NC(=S)N3CCC(=O)Nc3ccccc3CC)c2C)cc1. The highest BCUT2D eigenvalue weighted by Gasteiger charge is 2.41. The van der Waals surface area contributed by atoms with Crippen molar-refractivity contribution in [2.45, 2.75) is 59.0 Å². The second-order valence-electron chi connectivity index (χ2n) is 10.3. The molecule has 206 valence electrons. The van der Waals surface area contributed by atoms with E-state index in [0.29, 0.717) is 18.1 Å². The summed E-state index contributed by atoms with van der Waals surface area (Å²) in [5.41, 5.74) is 8.88. The molecule has 40 heavy (non-hydrogen) atoms. The molecule has 0 aliphatic carbocycles.